The van der Waals surface area contributed by atoms with Crippen LogP contribution in [0.15, 0.2) is 47.4 Å². The van der Waals surface area contributed by atoms with E-state index in [2.05, 4.69) is 15.4 Å². The minimum atomic E-state index is -3.80. The van der Waals surface area contributed by atoms with E-state index in [4.69, 9.17) is 4.74 Å². The van der Waals surface area contributed by atoms with Crippen LogP contribution in [0, 0.1) is 0 Å². The zero-order valence-corrected chi connectivity index (χ0v) is 17.8. The van der Waals surface area contributed by atoms with Crippen molar-refractivity contribution in [1.82, 2.24) is 4.72 Å². The Bertz CT molecular complexity index is 1110. The molecule has 164 valence electrons. The highest BCUT2D eigenvalue weighted by Gasteiger charge is 2.20. The van der Waals surface area contributed by atoms with Gasteiger partial charge in [-0.3, -0.25) is 9.59 Å². The molecule has 1 heterocycles. The molecule has 0 spiro atoms. The van der Waals surface area contributed by atoms with Crippen LogP contribution in [-0.4, -0.2) is 39.4 Å². The van der Waals surface area contributed by atoms with Gasteiger partial charge in [-0.2, -0.15) is 0 Å². The molecule has 0 saturated carbocycles. The van der Waals surface area contributed by atoms with Crippen molar-refractivity contribution in [3.8, 4) is 0 Å². The van der Waals surface area contributed by atoms with E-state index in [-0.39, 0.29) is 30.4 Å². The first-order valence-corrected chi connectivity index (χ1v) is 11.3. The first kappa shape index (κ1) is 22.4. The SMILES string of the molecule is CCOC(=O)c1cccc(NC(=O)CCNS(=O)(=O)c2ccc3c(c2)CCC(=O)N3)c1. The van der Waals surface area contributed by atoms with Gasteiger partial charge < -0.3 is 15.4 Å². The van der Waals surface area contributed by atoms with Crippen molar-refractivity contribution in [3.05, 3.63) is 53.6 Å². The molecule has 31 heavy (non-hydrogen) atoms. The number of carbonyl (C=O) groups excluding carboxylic acids is 3. The summed E-state index contributed by atoms with van der Waals surface area (Å²) in [4.78, 5) is 35.4. The molecule has 1 aliphatic heterocycles. The van der Waals surface area contributed by atoms with Crippen molar-refractivity contribution in [2.45, 2.75) is 31.1 Å². The van der Waals surface area contributed by atoms with Crippen LogP contribution >= 0.6 is 0 Å². The average molecular weight is 445 g/mol. The molecule has 0 bridgehead atoms. The Morgan fingerprint density at radius 3 is 2.71 bits per heavy atom. The van der Waals surface area contributed by atoms with Gasteiger partial charge in [-0.25, -0.2) is 17.9 Å². The number of sulfonamides is 1. The molecule has 2 amide bonds. The second-order valence-corrected chi connectivity index (χ2v) is 8.63. The number of hydrogen-bond donors (Lipinski definition) is 3. The van der Waals surface area contributed by atoms with Crippen LogP contribution in [0.2, 0.25) is 0 Å². The molecule has 3 N–H and O–H groups in total. The summed E-state index contributed by atoms with van der Waals surface area (Å²) in [6.07, 6.45) is 0.684. The monoisotopic (exact) mass is 445 g/mol. The predicted octanol–water partition coefficient (Wildman–Crippen LogP) is 2.06. The van der Waals surface area contributed by atoms with Gasteiger partial charge in [0.2, 0.25) is 21.8 Å². The van der Waals surface area contributed by atoms with Gasteiger partial charge in [0.1, 0.15) is 0 Å². The van der Waals surface area contributed by atoms with Crippen molar-refractivity contribution in [2.75, 3.05) is 23.8 Å². The Labute approximate surface area is 180 Å². The van der Waals surface area contributed by atoms with Gasteiger partial charge in [0.15, 0.2) is 0 Å². The number of carbonyl (C=O) groups is 3. The molecule has 10 heteroatoms. The maximum absolute atomic E-state index is 12.5. The largest absolute Gasteiger partial charge is 0.462 e. The number of esters is 1. The van der Waals surface area contributed by atoms with Gasteiger partial charge in [0.05, 0.1) is 17.1 Å². The third-order valence-electron chi connectivity index (χ3n) is 4.58. The summed E-state index contributed by atoms with van der Waals surface area (Å²) in [5, 5.41) is 5.33. The van der Waals surface area contributed by atoms with Crippen molar-refractivity contribution < 1.29 is 27.5 Å². The van der Waals surface area contributed by atoms with Crippen LogP contribution < -0.4 is 15.4 Å². The molecular formula is C21H23N3O6S. The van der Waals surface area contributed by atoms with Crippen LogP contribution in [0.1, 0.15) is 35.7 Å². The number of aryl methyl sites for hydroxylation is 1. The fraction of sp³-hybridized carbons (Fsp3) is 0.286. The maximum Gasteiger partial charge on any atom is 0.338 e. The molecule has 2 aromatic rings. The fourth-order valence-electron chi connectivity index (χ4n) is 3.07. The maximum atomic E-state index is 12.5. The number of ether oxygens (including phenoxy) is 1. The lowest BCUT2D eigenvalue weighted by Gasteiger charge is -2.17. The summed E-state index contributed by atoms with van der Waals surface area (Å²) in [5.74, 6) is -0.993. The third kappa shape index (κ3) is 5.89. The van der Waals surface area contributed by atoms with Gasteiger partial charge in [0, 0.05) is 30.8 Å². The van der Waals surface area contributed by atoms with Gasteiger partial charge in [-0.15, -0.1) is 0 Å². The second kappa shape index (κ2) is 9.71. The first-order chi connectivity index (χ1) is 14.8. The molecule has 0 atom stereocenters. The lowest BCUT2D eigenvalue weighted by molar-refractivity contribution is -0.117. The van der Waals surface area contributed by atoms with E-state index in [1.165, 1.54) is 18.2 Å². The molecule has 1 aliphatic rings. The molecule has 9 nitrogen and oxygen atoms in total. The Hall–Kier alpha value is -3.24. The number of hydrogen-bond acceptors (Lipinski definition) is 6. The van der Waals surface area contributed by atoms with Crippen molar-refractivity contribution in [1.29, 1.82) is 0 Å². The smallest absolute Gasteiger partial charge is 0.338 e. The Balaban J connectivity index is 1.55. The summed E-state index contributed by atoms with van der Waals surface area (Å²) in [5.41, 5.74) is 2.08. The van der Waals surface area contributed by atoms with Gasteiger partial charge >= 0.3 is 5.97 Å². The van der Waals surface area contributed by atoms with Crippen molar-refractivity contribution >= 4 is 39.2 Å². The number of nitrogens with one attached hydrogen (secondary N) is 3. The van der Waals surface area contributed by atoms with Crippen molar-refractivity contribution in [2.24, 2.45) is 0 Å². The molecule has 0 unspecified atom stereocenters. The van der Waals surface area contributed by atoms with E-state index < -0.39 is 21.9 Å². The molecule has 0 fully saturated rings. The van der Waals surface area contributed by atoms with E-state index >= 15 is 0 Å². The number of benzene rings is 2. The second-order valence-electron chi connectivity index (χ2n) is 6.86. The van der Waals surface area contributed by atoms with E-state index in [9.17, 15) is 22.8 Å². The minimum Gasteiger partial charge on any atom is -0.462 e. The molecule has 0 radical (unpaired) electrons. The average Bonchev–Trinajstić information content (AvgIpc) is 2.73. The summed E-state index contributed by atoms with van der Waals surface area (Å²) >= 11 is 0. The number of rotatable bonds is 8. The number of amides is 2. The van der Waals surface area contributed by atoms with E-state index in [0.717, 1.165) is 5.56 Å². The zero-order valence-electron chi connectivity index (χ0n) is 16.9. The van der Waals surface area contributed by atoms with Crippen LogP contribution in [0.3, 0.4) is 0 Å². The molecule has 2 aromatic carbocycles. The first-order valence-electron chi connectivity index (χ1n) is 9.78. The normalized spacial score (nSPS) is 13.1. The standard InChI is InChI=1S/C21H23N3O6S/c1-2-30-21(27)15-4-3-5-16(12-15)23-20(26)10-11-22-31(28,29)17-7-8-18-14(13-17)6-9-19(25)24-18/h3-5,7-8,12-13,22H,2,6,9-11H2,1H3,(H,23,26)(H,24,25). The topological polar surface area (TPSA) is 131 Å². The quantitative estimate of drug-likeness (QED) is 0.533. The molecule has 3 rings (SSSR count). The predicted molar refractivity (Wildman–Crippen MR) is 114 cm³/mol. The highest BCUT2D eigenvalue weighted by molar-refractivity contribution is 7.89. The summed E-state index contributed by atoms with van der Waals surface area (Å²) in [6, 6.07) is 10.8. The molecule has 0 aliphatic carbocycles. The molecule has 0 saturated heterocycles. The summed E-state index contributed by atoms with van der Waals surface area (Å²) < 4.78 is 32.4. The number of fused-ring (bicyclic) bond motifs is 1. The van der Waals surface area contributed by atoms with Gasteiger partial charge in [-0.05, 0) is 55.3 Å². The minimum absolute atomic E-state index is 0.0740. The molecular weight excluding hydrogens is 422 g/mol. The van der Waals surface area contributed by atoms with Crippen LogP contribution in [0.5, 0.6) is 0 Å². The van der Waals surface area contributed by atoms with Gasteiger partial charge in [0.25, 0.3) is 0 Å². The third-order valence-corrected chi connectivity index (χ3v) is 6.04. The van der Waals surface area contributed by atoms with Gasteiger partial charge in [-0.1, -0.05) is 6.07 Å². The Morgan fingerprint density at radius 1 is 1.13 bits per heavy atom. The molecule has 0 aromatic heterocycles. The van der Waals surface area contributed by atoms with E-state index in [1.54, 1.807) is 31.2 Å². The highest BCUT2D eigenvalue weighted by Crippen LogP contribution is 2.25. The zero-order chi connectivity index (χ0) is 22.4. The summed E-state index contributed by atoms with van der Waals surface area (Å²) in [6.45, 7) is 1.85. The Morgan fingerprint density at radius 2 is 1.94 bits per heavy atom. The van der Waals surface area contributed by atoms with E-state index in [1.807, 2.05) is 0 Å². The van der Waals surface area contributed by atoms with Crippen LogP contribution in [0.25, 0.3) is 0 Å². The Kier molecular flexibility index (Phi) is 7.03. The highest BCUT2D eigenvalue weighted by atomic mass is 32.2. The lowest BCUT2D eigenvalue weighted by Crippen LogP contribution is -2.28. The lowest BCUT2D eigenvalue weighted by atomic mass is 10.0. The number of anilines is 2. The fourth-order valence-corrected chi connectivity index (χ4v) is 4.15. The van der Waals surface area contributed by atoms with E-state index in [0.29, 0.717) is 29.8 Å². The van der Waals surface area contributed by atoms with Crippen molar-refractivity contribution in [3.63, 3.8) is 0 Å². The van der Waals surface area contributed by atoms with Crippen LogP contribution in [-0.2, 0) is 30.8 Å². The van der Waals surface area contributed by atoms with Crippen LogP contribution in [0.4, 0.5) is 11.4 Å². The summed E-state index contributed by atoms with van der Waals surface area (Å²) in [7, 11) is -3.80.